The van der Waals surface area contributed by atoms with Crippen molar-refractivity contribution in [2.75, 3.05) is 19.6 Å². The molecule has 1 aliphatic carbocycles. The van der Waals surface area contributed by atoms with E-state index in [0.29, 0.717) is 49.3 Å². The van der Waals surface area contributed by atoms with E-state index in [9.17, 15) is 14.0 Å². The molecule has 1 amide bonds. The highest BCUT2D eigenvalue weighted by atomic mass is 32.1. The highest BCUT2D eigenvalue weighted by Gasteiger charge is 2.47. The molecule has 2 fully saturated rings. The number of piperidine rings is 1. The molecular weight excluding hydrogens is 525 g/mol. The van der Waals surface area contributed by atoms with Crippen molar-refractivity contribution >= 4 is 29.0 Å². The van der Waals surface area contributed by atoms with E-state index in [-0.39, 0.29) is 17.1 Å². The van der Waals surface area contributed by atoms with Crippen LogP contribution in [0.1, 0.15) is 82.4 Å². The number of carbonyl (C=O) groups is 2. The highest BCUT2D eigenvalue weighted by Crippen LogP contribution is 2.47. The number of hydrogen-bond acceptors (Lipinski definition) is 4. The maximum Gasteiger partial charge on any atom is 0.245 e. The van der Waals surface area contributed by atoms with Crippen molar-refractivity contribution in [1.82, 2.24) is 25.5 Å². The first-order chi connectivity index (χ1) is 19.4. The van der Waals surface area contributed by atoms with Crippen LogP contribution >= 0.6 is 12.2 Å². The minimum Gasteiger partial charge on any atom is -0.363 e. The number of halogens is 1. The average molecular weight is 570 g/mol. The van der Waals surface area contributed by atoms with Crippen LogP contribution in [0.25, 0.3) is 0 Å². The van der Waals surface area contributed by atoms with Crippen molar-refractivity contribution in [3.05, 3.63) is 53.9 Å². The number of aromatic nitrogens is 2. The fourth-order valence-electron chi connectivity index (χ4n) is 6.56. The summed E-state index contributed by atoms with van der Waals surface area (Å²) >= 11 is 5.57. The largest absolute Gasteiger partial charge is 0.363 e. The predicted molar refractivity (Wildman–Crippen MR) is 159 cm³/mol. The molecule has 0 radical (unpaired) electrons. The van der Waals surface area contributed by atoms with Crippen LogP contribution in [0.3, 0.4) is 0 Å². The summed E-state index contributed by atoms with van der Waals surface area (Å²) in [6, 6.07) is 5.69. The number of ketones is 1. The highest BCUT2D eigenvalue weighted by molar-refractivity contribution is 7.80. The molecule has 1 saturated carbocycles. The Morgan fingerprint density at radius 1 is 1.18 bits per heavy atom. The minimum absolute atomic E-state index is 0.0221. The van der Waals surface area contributed by atoms with Gasteiger partial charge in [-0.15, -0.1) is 0 Å². The van der Waals surface area contributed by atoms with Crippen molar-refractivity contribution in [3.8, 4) is 0 Å². The SMILES string of the molecule is CCCC(=O)C1(C2CCCCC2)CCN(C(=O)[C@@H](Cc2ccc(F)cc2)NC(=S)NCCCc2cnc[nH]2)CC1. The minimum atomic E-state index is -0.577. The van der Waals surface area contributed by atoms with E-state index >= 15 is 0 Å². The summed E-state index contributed by atoms with van der Waals surface area (Å²) in [6.45, 7) is 3.90. The second kappa shape index (κ2) is 14.7. The number of carbonyl (C=O) groups excluding carboxylic acids is 2. The van der Waals surface area contributed by atoms with Crippen LogP contribution in [0.5, 0.6) is 0 Å². The number of nitrogens with zero attached hydrogens (tertiary/aromatic N) is 2. The molecule has 4 rings (SSSR count). The van der Waals surface area contributed by atoms with Gasteiger partial charge in [0, 0.05) is 49.8 Å². The zero-order chi connectivity index (χ0) is 28.4. The van der Waals surface area contributed by atoms with Crippen molar-refractivity contribution in [1.29, 1.82) is 0 Å². The number of imidazole rings is 1. The van der Waals surface area contributed by atoms with Crippen LogP contribution in [-0.4, -0.2) is 57.3 Å². The number of amides is 1. The van der Waals surface area contributed by atoms with E-state index in [4.69, 9.17) is 12.2 Å². The standard InChI is InChI=1S/C31H44FN5O2S/c1-2-7-28(38)31(24-8-4-3-5-9-24)15-18-37(19-16-31)29(39)27(20-23-11-13-25(32)14-12-23)36-30(40)34-17-6-10-26-21-33-22-35-26/h11-14,21-22,24,27H,2-10,15-20H2,1H3,(H,33,35)(H2,34,36,40)/t27-/m1/s1. The maximum absolute atomic E-state index is 13.9. The molecule has 1 aromatic carbocycles. The van der Waals surface area contributed by atoms with E-state index in [2.05, 4.69) is 27.5 Å². The number of hydrogen-bond donors (Lipinski definition) is 3. The topological polar surface area (TPSA) is 90.1 Å². The summed E-state index contributed by atoms with van der Waals surface area (Å²) in [7, 11) is 0. The number of aryl methyl sites for hydroxylation is 1. The van der Waals surface area contributed by atoms with Gasteiger partial charge in [0.15, 0.2) is 5.11 Å². The molecule has 0 spiro atoms. The number of thiocarbonyl (C=S) groups is 1. The summed E-state index contributed by atoms with van der Waals surface area (Å²) < 4.78 is 13.5. The first-order valence-corrected chi connectivity index (χ1v) is 15.4. The Labute approximate surface area is 243 Å². The smallest absolute Gasteiger partial charge is 0.245 e. The van der Waals surface area contributed by atoms with E-state index < -0.39 is 6.04 Å². The van der Waals surface area contributed by atoms with Gasteiger partial charge in [-0.3, -0.25) is 9.59 Å². The first kappa shape index (κ1) is 30.2. The van der Waals surface area contributed by atoms with Gasteiger partial charge in [-0.2, -0.15) is 0 Å². The van der Waals surface area contributed by atoms with E-state index in [0.717, 1.165) is 56.2 Å². The van der Waals surface area contributed by atoms with Crippen LogP contribution in [0, 0.1) is 17.2 Å². The van der Waals surface area contributed by atoms with E-state index in [1.807, 2.05) is 11.1 Å². The average Bonchev–Trinajstić information content (AvgIpc) is 3.50. The van der Waals surface area contributed by atoms with Gasteiger partial charge in [-0.05, 0) is 80.8 Å². The molecule has 1 atom stereocenters. The Hall–Kier alpha value is -2.81. The Kier molecular flexibility index (Phi) is 11.1. The fourth-order valence-corrected chi connectivity index (χ4v) is 6.80. The molecule has 0 bridgehead atoms. The van der Waals surface area contributed by atoms with Crippen LogP contribution in [0.15, 0.2) is 36.8 Å². The molecule has 2 aromatic rings. The lowest BCUT2D eigenvalue weighted by atomic mass is 9.61. The Balaban J connectivity index is 1.40. The Morgan fingerprint density at radius 3 is 2.55 bits per heavy atom. The normalized spacial score (nSPS) is 18.2. The Bertz CT molecular complexity index is 1090. The van der Waals surface area contributed by atoms with Crippen molar-refractivity contribution < 1.29 is 14.0 Å². The molecule has 218 valence electrons. The zero-order valence-electron chi connectivity index (χ0n) is 23.7. The van der Waals surface area contributed by atoms with Crippen molar-refractivity contribution in [2.24, 2.45) is 11.3 Å². The molecule has 2 aliphatic rings. The fraction of sp³-hybridized carbons (Fsp3) is 0.613. The number of rotatable bonds is 12. The molecule has 1 aromatic heterocycles. The van der Waals surface area contributed by atoms with Gasteiger partial charge in [0.25, 0.3) is 0 Å². The van der Waals surface area contributed by atoms with E-state index in [1.54, 1.807) is 18.5 Å². The van der Waals surface area contributed by atoms with Gasteiger partial charge < -0.3 is 20.5 Å². The van der Waals surface area contributed by atoms with E-state index in [1.165, 1.54) is 31.4 Å². The lowest BCUT2D eigenvalue weighted by molar-refractivity contribution is -0.144. The van der Waals surface area contributed by atoms with Crippen LogP contribution in [0.2, 0.25) is 0 Å². The number of H-pyrrole nitrogens is 1. The zero-order valence-corrected chi connectivity index (χ0v) is 24.5. The lowest BCUT2D eigenvalue weighted by Gasteiger charge is -2.47. The molecule has 9 heteroatoms. The third-order valence-electron chi connectivity index (χ3n) is 8.81. The summed E-state index contributed by atoms with van der Waals surface area (Å²) in [6.07, 6.45) is 14.5. The molecule has 7 nitrogen and oxygen atoms in total. The monoisotopic (exact) mass is 569 g/mol. The van der Waals surface area contributed by atoms with Crippen molar-refractivity contribution in [3.63, 3.8) is 0 Å². The molecule has 3 N–H and O–H groups in total. The number of Topliss-reactive ketones (excluding diaryl/α,β-unsaturated/α-hetero) is 1. The number of likely N-dealkylation sites (tertiary alicyclic amines) is 1. The summed E-state index contributed by atoms with van der Waals surface area (Å²) in [5.41, 5.74) is 1.64. The molecular formula is C31H44FN5O2S. The number of aromatic amines is 1. The molecule has 40 heavy (non-hydrogen) atoms. The maximum atomic E-state index is 13.9. The summed E-state index contributed by atoms with van der Waals surface area (Å²) in [5, 5.41) is 6.90. The second-order valence-electron chi connectivity index (χ2n) is 11.5. The third kappa shape index (κ3) is 7.89. The lowest BCUT2D eigenvalue weighted by Crippen LogP contribution is -2.56. The quantitative estimate of drug-likeness (QED) is 0.243. The van der Waals surface area contributed by atoms with Crippen LogP contribution in [-0.2, 0) is 22.4 Å². The number of nitrogens with one attached hydrogen (secondary N) is 3. The molecule has 2 heterocycles. The van der Waals surface area contributed by atoms with Gasteiger partial charge >= 0.3 is 0 Å². The summed E-state index contributed by atoms with van der Waals surface area (Å²) in [5.74, 6) is 0.506. The second-order valence-corrected chi connectivity index (χ2v) is 11.9. The van der Waals surface area contributed by atoms with Gasteiger partial charge in [0.2, 0.25) is 5.91 Å². The first-order valence-electron chi connectivity index (χ1n) is 15.0. The van der Waals surface area contributed by atoms with Crippen LogP contribution in [0.4, 0.5) is 4.39 Å². The summed E-state index contributed by atoms with van der Waals surface area (Å²) in [4.78, 5) is 36.4. The molecule has 1 saturated heterocycles. The number of benzene rings is 1. The van der Waals surface area contributed by atoms with Gasteiger partial charge in [0.05, 0.1) is 6.33 Å². The predicted octanol–water partition coefficient (Wildman–Crippen LogP) is 5.12. The molecule has 1 aliphatic heterocycles. The Morgan fingerprint density at radius 2 is 1.90 bits per heavy atom. The molecule has 0 unspecified atom stereocenters. The van der Waals surface area contributed by atoms with Gasteiger partial charge in [-0.25, -0.2) is 9.37 Å². The van der Waals surface area contributed by atoms with Gasteiger partial charge in [-0.1, -0.05) is 38.3 Å². The van der Waals surface area contributed by atoms with Gasteiger partial charge in [0.1, 0.15) is 17.6 Å². The third-order valence-corrected chi connectivity index (χ3v) is 9.07. The van der Waals surface area contributed by atoms with Crippen molar-refractivity contribution in [2.45, 2.75) is 90.0 Å². The van der Waals surface area contributed by atoms with Crippen LogP contribution < -0.4 is 10.6 Å².